The molecule has 0 bridgehead atoms. The van der Waals surface area contributed by atoms with E-state index in [1.54, 1.807) is 12.0 Å². The molecule has 2 atom stereocenters. The molecule has 2 amide bonds. The van der Waals surface area contributed by atoms with Gasteiger partial charge in [0.05, 0.1) is 19.1 Å². The van der Waals surface area contributed by atoms with Crippen molar-refractivity contribution in [3.05, 3.63) is 36.0 Å². The number of hydrogen-bond acceptors (Lipinski definition) is 6. The molecule has 2 aromatic rings. The number of aryl methyl sites for hydroxylation is 1. The van der Waals surface area contributed by atoms with Gasteiger partial charge in [0, 0.05) is 50.8 Å². The third-order valence-corrected chi connectivity index (χ3v) is 6.89. The summed E-state index contributed by atoms with van der Waals surface area (Å²) in [7, 11) is 3.04. The first-order chi connectivity index (χ1) is 18.4. The first-order valence-electron chi connectivity index (χ1n) is 13.9. The maximum absolute atomic E-state index is 14.3. The summed E-state index contributed by atoms with van der Waals surface area (Å²) >= 11 is 0. The highest BCUT2D eigenvalue weighted by Gasteiger charge is 2.40. The second kappa shape index (κ2) is 13.3. The SMILES string of the molecule is COCCCCn1c(C(=O)N(CC(C)C)[C@H]2C[C@@H](C(=O)OC)CN(C(=O)OC(C)(C)C)C2)cc2ccccc21. The maximum Gasteiger partial charge on any atom is 0.410 e. The number of benzene rings is 1. The molecule has 0 saturated carbocycles. The largest absolute Gasteiger partial charge is 0.469 e. The number of methoxy groups -OCH3 is 2. The molecule has 9 nitrogen and oxygen atoms in total. The van der Waals surface area contributed by atoms with E-state index >= 15 is 0 Å². The van der Waals surface area contributed by atoms with E-state index in [4.69, 9.17) is 14.2 Å². The molecular weight excluding hydrogens is 498 g/mol. The van der Waals surface area contributed by atoms with Gasteiger partial charge in [-0.1, -0.05) is 32.0 Å². The van der Waals surface area contributed by atoms with Crippen LogP contribution < -0.4 is 0 Å². The lowest BCUT2D eigenvalue weighted by molar-refractivity contribution is -0.148. The molecule has 0 unspecified atom stereocenters. The molecule has 1 saturated heterocycles. The van der Waals surface area contributed by atoms with E-state index in [0.29, 0.717) is 31.8 Å². The van der Waals surface area contributed by atoms with Crippen LogP contribution in [0.5, 0.6) is 0 Å². The zero-order chi connectivity index (χ0) is 28.7. The third-order valence-electron chi connectivity index (χ3n) is 6.89. The summed E-state index contributed by atoms with van der Waals surface area (Å²) in [4.78, 5) is 43.5. The van der Waals surface area contributed by atoms with Gasteiger partial charge in [0.15, 0.2) is 0 Å². The van der Waals surface area contributed by atoms with E-state index in [0.717, 1.165) is 23.7 Å². The summed E-state index contributed by atoms with van der Waals surface area (Å²) in [5, 5.41) is 1.00. The predicted molar refractivity (Wildman–Crippen MR) is 151 cm³/mol. The van der Waals surface area contributed by atoms with Crippen LogP contribution in [0, 0.1) is 11.8 Å². The molecule has 0 spiro atoms. The molecule has 0 N–H and O–H groups in total. The molecule has 0 aliphatic carbocycles. The molecule has 3 rings (SSSR count). The lowest BCUT2D eigenvalue weighted by Gasteiger charge is -2.42. The van der Waals surface area contributed by atoms with E-state index < -0.39 is 23.6 Å². The van der Waals surface area contributed by atoms with Gasteiger partial charge >= 0.3 is 12.1 Å². The Morgan fingerprint density at radius 1 is 1.08 bits per heavy atom. The minimum Gasteiger partial charge on any atom is -0.469 e. The third kappa shape index (κ3) is 7.97. The predicted octanol–water partition coefficient (Wildman–Crippen LogP) is 4.96. The lowest BCUT2D eigenvalue weighted by Crippen LogP contribution is -2.57. The summed E-state index contributed by atoms with van der Waals surface area (Å²) in [5.41, 5.74) is 0.939. The van der Waals surface area contributed by atoms with Gasteiger partial charge in [0.1, 0.15) is 11.3 Å². The molecular formula is C30H45N3O6. The number of ether oxygens (including phenoxy) is 3. The van der Waals surface area contributed by atoms with Gasteiger partial charge < -0.3 is 28.6 Å². The Balaban J connectivity index is 1.98. The maximum atomic E-state index is 14.3. The number of rotatable bonds is 10. The molecule has 1 aromatic heterocycles. The average Bonchev–Trinajstić information content (AvgIpc) is 3.26. The zero-order valence-corrected chi connectivity index (χ0v) is 24.6. The van der Waals surface area contributed by atoms with E-state index in [1.165, 1.54) is 7.11 Å². The van der Waals surface area contributed by atoms with Crippen LogP contribution in [-0.2, 0) is 25.5 Å². The molecule has 0 radical (unpaired) electrons. The van der Waals surface area contributed by atoms with E-state index in [1.807, 2.05) is 56.0 Å². The normalized spacial score (nSPS) is 17.9. The van der Waals surface area contributed by atoms with Gasteiger partial charge in [-0.05, 0) is 58.1 Å². The Morgan fingerprint density at radius 3 is 2.44 bits per heavy atom. The Bertz CT molecular complexity index is 1140. The van der Waals surface area contributed by atoms with Gasteiger partial charge in [0.2, 0.25) is 0 Å². The highest BCUT2D eigenvalue weighted by Crippen LogP contribution is 2.28. The monoisotopic (exact) mass is 543 g/mol. The molecule has 39 heavy (non-hydrogen) atoms. The number of aromatic nitrogens is 1. The van der Waals surface area contributed by atoms with Gasteiger partial charge in [-0.15, -0.1) is 0 Å². The van der Waals surface area contributed by atoms with Gasteiger partial charge in [0.25, 0.3) is 5.91 Å². The van der Waals surface area contributed by atoms with Crippen LogP contribution >= 0.6 is 0 Å². The number of piperidine rings is 1. The highest BCUT2D eigenvalue weighted by molar-refractivity contribution is 5.99. The molecule has 1 aromatic carbocycles. The van der Waals surface area contributed by atoms with Crippen molar-refractivity contribution >= 4 is 28.9 Å². The van der Waals surface area contributed by atoms with Gasteiger partial charge in [-0.25, -0.2) is 4.79 Å². The molecule has 2 heterocycles. The quantitative estimate of drug-likeness (QED) is 0.311. The Hall–Kier alpha value is -3.07. The van der Waals surface area contributed by atoms with Crippen molar-refractivity contribution in [2.75, 3.05) is 40.5 Å². The van der Waals surface area contributed by atoms with E-state index in [-0.39, 0.29) is 31.0 Å². The molecule has 9 heteroatoms. The number of carbonyl (C=O) groups is 3. The number of esters is 1. The van der Waals surface area contributed by atoms with Crippen LogP contribution in [0.25, 0.3) is 10.9 Å². The fourth-order valence-electron chi connectivity index (χ4n) is 5.19. The van der Waals surface area contributed by atoms with Crippen molar-refractivity contribution in [3.8, 4) is 0 Å². The number of para-hydroxylation sites is 1. The molecule has 1 aliphatic rings. The van der Waals surface area contributed by atoms with Crippen LogP contribution in [0.2, 0.25) is 0 Å². The second-order valence-electron chi connectivity index (χ2n) is 11.8. The summed E-state index contributed by atoms with van der Waals surface area (Å²) in [6, 6.07) is 9.59. The Morgan fingerprint density at radius 2 is 1.79 bits per heavy atom. The van der Waals surface area contributed by atoms with Crippen molar-refractivity contribution in [3.63, 3.8) is 0 Å². The smallest absolute Gasteiger partial charge is 0.410 e. The summed E-state index contributed by atoms with van der Waals surface area (Å²) in [5.74, 6) is -0.866. The second-order valence-corrected chi connectivity index (χ2v) is 11.8. The lowest BCUT2D eigenvalue weighted by atomic mass is 9.92. The number of likely N-dealkylation sites (tertiary alicyclic amines) is 1. The summed E-state index contributed by atoms with van der Waals surface area (Å²) < 4.78 is 18.0. The molecule has 1 fully saturated rings. The van der Waals surface area contributed by atoms with Crippen LogP contribution in [-0.4, -0.2) is 84.4 Å². The van der Waals surface area contributed by atoms with Crippen molar-refractivity contribution in [2.45, 2.75) is 72.1 Å². The van der Waals surface area contributed by atoms with E-state index in [2.05, 4.69) is 18.4 Å². The molecule has 216 valence electrons. The van der Waals surface area contributed by atoms with Crippen LogP contribution in [0.1, 0.15) is 64.4 Å². The number of unbranched alkanes of at least 4 members (excludes halogenated alkanes) is 1. The van der Waals surface area contributed by atoms with Crippen molar-refractivity contribution in [1.82, 2.24) is 14.4 Å². The minimum atomic E-state index is -0.679. The molecule has 1 aliphatic heterocycles. The van der Waals surface area contributed by atoms with Gasteiger partial charge in [-0.2, -0.15) is 0 Å². The van der Waals surface area contributed by atoms with E-state index in [9.17, 15) is 14.4 Å². The zero-order valence-electron chi connectivity index (χ0n) is 24.6. The Labute approximate surface area is 232 Å². The van der Waals surface area contributed by atoms with Crippen LogP contribution in [0.3, 0.4) is 0 Å². The first kappa shape index (κ1) is 30.5. The first-order valence-corrected chi connectivity index (χ1v) is 13.9. The van der Waals surface area contributed by atoms with Crippen molar-refractivity contribution in [1.29, 1.82) is 0 Å². The fourth-order valence-corrected chi connectivity index (χ4v) is 5.19. The fraction of sp³-hybridized carbons (Fsp3) is 0.633. The summed E-state index contributed by atoms with van der Waals surface area (Å²) in [6.45, 7) is 11.9. The highest BCUT2D eigenvalue weighted by atomic mass is 16.6. The number of hydrogen-bond donors (Lipinski definition) is 0. The number of nitrogens with zero attached hydrogens (tertiary/aromatic N) is 3. The van der Waals surface area contributed by atoms with Crippen molar-refractivity contribution < 1.29 is 28.6 Å². The standard InChI is InChI=1S/C30H45N3O6/c1-21(2)18-33(24-16-23(28(35)38-7)19-31(20-24)29(36)39-30(3,4)5)27(34)26-17-22-12-8-9-13-25(22)32(26)14-10-11-15-37-6/h8-9,12-13,17,21,23-24H,10-11,14-16,18-20H2,1-7H3/t23-,24+/m1/s1. The van der Waals surface area contributed by atoms with Crippen molar-refractivity contribution in [2.24, 2.45) is 11.8 Å². The Kier molecular flexibility index (Phi) is 10.4. The number of fused-ring (bicyclic) bond motifs is 1. The van der Waals surface area contributed by atoms with Crippen LogP contribution in [0.4, 0.5) is 4.79 Å². The minimum absolute atomic E-state index is 0.105. The van der Waals surface area contributed by atoms with Crippen LogP contribution in [0.15, 0.2) is 30.3 Å². The average molecular weight is 544 g/mol. The number of amides is 2. The topological polar surface area (TPSA) is 90.3 Å². The summed E-state index contributed by atoms with van der Waals surface area (Å²) in [6.07, 6.45) is 1.68. The van der Waals surface area contributed by atoms with Gasteiger partial charge in [-0.3, -0.25) is 9.59 Å². The number of carbonyl (C=O) groups excluding carboxylic acids is 3.